The van der Waals surface area contributed by atoms with Crippen LogP contribution in [0, 0.1) is 0 Å². The van der Waals surface area contributed by atoms with Crippen molar-refractivity contribution in [3.63, 3.8) is 0 Å². The molecule has 19 heavy (non-hydrogen) atoms. The topological polar surface area (TPSA) is 93.8 Å². The average Bonchev–Trinajstić information content (AvgIpc) is 2.85. The van der Waals surface area contributed by atoms with Gasteiger partial charge in [-0.25, -0.2) is 19.4 Å². The van der Waals surface area contributed by atoms with Gasteiger partial charge in [0.05, 0.1) is 11.9 Å². The molecule has 0 bridgehead atoms. The van der Waals surface area contributed by atoms with E-state index >= 15 is 0 Å². The van der Waals surface area contributed by atoms with E-state index in [1.165, 1.54) is 12.4 Å². The Morgan fingerprint density at radius 3 is 2.68 bits per heavy atom. The van der Waals surface area contributed by atoms with Crippen molar-refractivity contribution in [1.29, 1.82) is 0 Å². The number of hydrogen-bond donors (Lipinski definition) is 1. The second-order valence-electron chi connectivity index (χ2n) is 4.18. The molecule has 0 saturated carbocycles. The molecule has 1 N–H and O–H groups in total. The Labute approximate surface area is 109 Å². The summed E-state index contributed by atoms with van der Waals surface area (Å²) < 4.78 is 1.74. The Morgan fingerprint density at radius 2 is 2.05 bits per heavy atom. The van der Waals surface area contributed by atoms with Gasteiger partial charge in [0.15, 0.2) is 5.69 Å². The third-order valence-electron chi connectivity index (χ3n) is 2.39. The van der Waals surface area contributed by atoms with Gasteiger partial charge in [0, 0.05) is 6.04 Å². The zero-order chi connectivity index (χ0) is 13.8. The van der Waals surface area contributed by atoms with Crippen LogP contribution in [0.25, 0.3) is 12.2 Å². The molecule has 0 saturated heterocycles. The summed E-state index contributed by atoms with van der Waals surface area (Å²) in [6, 6.07) is 1.64. The zero-order valence-corrected chi connectivity index (χ0v) is 10.6. The summed E-state index contributed by atoms with van der Waals surface area (Å²) in [5, 5.41) is 16.8. The van der Waals surface area contributed by atoms with Crippen molar-refractivity contribution >= 4 is 18.1 Å². The van der Waals surface area contributed by atoms with Crippen LogP contribution in [0.2, 0.25) is 0 Å². The van der Waals surface area contributed by atoms with E-state index in [2.05, 4.69) is 20.3 Å². The summed E-state index contributed by atoms with van der Waals surface area (Å²) in [4.78, 5) is 18.4. The van der Waals surface area contributed by atoms with Crippen LogP contribution >= 0.6 is 0 Å². The highest BCUT2D eigenvalue weighted by Gasteiger charge is 2.04. The minimum Gasteiger partial charge on any atom is -0.477 e. The summed E-state index contributed by atoms with van der Waals surface area (Å²) in [5.74, 6) is -1.08. The summed E-state index contributed by atoms with van der Waals surface area (Å²) >= 11 is 0. The van der Waals surface area contributed by atoms with Crippen LogP contribution in [-0.4, -0.2) is 36.0 Å². The van der Waals surface area contributed by atoms with E-state index in [1.807, 2.05) is 13.8 Å². The number of aromatic carboxylic acids is 1. The monoisotopic (exact) mass is 259 g/mol. The van der Waals surface area contributed by atoms with Gasteiger partial charge in [-0.15, -0.1) is 5.10 Å². The van der Waals surface area contributed by atoms with E-state index < -0.39 is 5.97 Å². The van der Waals surface area contributed by atoms with Gasteiger partial charge in [-0.05, 0) is 32.1 Å². The van der Waals surface area contributed by atoms with E-state index in [0.717, 1.165) is 0 Å². The summed E-state index contributed by atoms with van der Waals surface area (Å²) in [5.41, 5.74) is 1.15. The van der Waals surface area contributed by atoms with Crippen molar-refractivity contribution in [3.8, 4) is 0 Å². The number of rotatable bonds is 4. The maximum Gasteiger partial charge on any atom is 0.354 e. The standard InChI is InChI=1S/C12H13N5O2/c1-8(2)17-6-10(15-16-17)4-3-9-5-11(12(18)19)14-7-13-9/h3-8H,1-2H3,(H,18,19). The van der Waals surface area contributed by atoms with Gasteiger partial charge in [-0.2, -0.15) is 0 Å². The van der Waals surface area contributed by atoms with Crippen molar-refractivity contribution in [2.24, 2.45) is 0 Å². The number of aromatic nitrogens is 5. The molecule has 98 valence electrons. The highest BCUT2D eigenvalue weighted by Crippen LogP contribution is 2.07. The third kappa shape index (κ3) is 3.21. The number of carboxylic acid groups (broad SMARTS) is 1. The fraction of sp³-hybridized carbons (Fsp3) is 0.250. The van der Waals surface area contributed by atoms with Crippen LogP contribution in [-0.2, 0) is 0 Å². The molecular formula is C12H13N5O2. The van der Waals surface area contributed by atoms with Crippen molar-refractivity contribution in [2.75, 3.05) is 0 Å². The first kappa shape index (κ1) is 12.9. The lowest BCUT2D eigenvalue weighted by molar-refractivity contribution is 0.0690. The van der Waals surface area contributed by atoms with Crippen LogP contribution in [0.1, 0.15) is 41.8 Å². The highest BCUT2D eigenvalue weighted by atomic mass is 16.4. The molecule has 0 spiro atoms. The average molecular weight is 259 g/mol. The smallest absolute Gasteiger partial charge is 0.354 e. The first-order valence-electron chi connectivity index (χ1n) is 5.71. The number of nitrogens with zero attached hydrogens (tertiary/aromatic N) is 5. The minimum atomic E-state index is -1.08. The molecule has 0 aliphatic carbocycles. The summed E-state index contributed by atoms with van der Waals surface area (Å²) in [6.45, 7) is 4.01. The molecule has 2 heterocycles. The molecule has 7 nitrogen and oxygen atoms in total. The summed E-state index contributed by atoms with van der Waals surface area (Å²) in [7, 11) is 0. The van der Waals surface area contributed by atoms with Gasteiger partial charge in [-0.1, -0.05) is 5.21 Å². The quantitative estimate of drug-likeness (QED) is 0.894. The van der Waals surface area contributed by atoms with Crippen LogP contribution in [0.4, 0.5) is 0 Å². The van der Waals surface area contributed by atoms with Crippen LogP contribution in [0.15, 0.2) is 18.6 Å². The van der Waals surface area contributed by atoms with E-state index in [-0.39, 0.29) is 11.7 Å². The Bertz CT molecular complexity index is 618. The number of carboxylic acids is 1. The number of carbonyl (C=O) groups is 1. The fourth-order valence-corrected chi connectivity index (χ4v) is 1.37. The first-order chi connectivity index (χ1) is 9.06. The molecule has 0 aromatic carbocycles. The predicted molar refractivity (Wildman–Crippen MR) is 68.3 cm³/mol. The van der Waals surface area contributed by atoms with Gasteiger partial charge in [-0.3, -0.25) is 0 Å². The first-order valence-corrected chi connectivity index (χ1v) is 5.71. The molecule has 2 rings (SSSR count). The molecule has 7 heteroatoms. The van der Waals surface area contributed by atoms with Crippen LogP contribution in [0.5, 0.6) is 0 Å². The Kier molecular flexibility index (Phi) is 3.65. The van der Waals surface area contributed by atoms with E-state index in [1.54, 1.807) is 23.0 Å². The molecule has 0 unspecified atom stereocenters. The number of hydrogen-bond acceptors (Lipinski definition) is 5. The van der Waals surface area contributed by atoms with Crippen LogP contribution < -0.4 is 0 Å². The van der Waals surface area contributed by atoms with E-state index in [0.29, 0.717) is 11.4 Å². The largest absolute Gasteiger partial charge is 0.477 e. The Hall–Kier alpha value is -2.57. The molecule has 0 fully saturated rings. The zero-order valence-electron chi connectivity index (χ0n) is 10.6. The van der Waals surface area contributed by atoms with E-state index in [4.69, 9.17) is 5.11 Å². The molecule has 0 radical (unpaired) electrons. The molecule has 0 amide bonds. The van der Waals surface area contributed by atoms with Gasteiger partial charge >= 0.3 is 5.97 Å². The molecule has 0 atom stereocenters. The normalized spacial score (nSPS) is 11.3. The van der Waals surface area contributed by atoms with Crippen molar-refractivity contribution in [2.45, 2.75) is 19.9 Å². The minimum absolute atomic E-state index is 0.0412. The SMILES string of the molecule is CC(C)n1cc(C=Cc2cc(C(=O)O)ncn2)nn1. The molecule has 0 aliphatic rings. The molecule has 2 aromatic heterocycles. The van der Waals surface area contributed by atoms with Crippen molar-refractivity contribution in [1.82, 2.24) is 25.0 Å². The van der Waals surface area contributed by atoms with Gasteiger partial charge in [0.2, 0.25) is 0 Å². The second-order valence-corrected chi connectivity index (χ2v) is 4.18. The van der Waals surface area contributed by atoms with Crippen molar-refractivity contribution in [3.05, 3.63) is 35.7 Å². The van der Waals surface area contributed by atoms with Crippen LogP contribution in [0.3, 0.4) is 0 Å². The second kappa shape index (κ2) is 5.38. The lowest BCUT2D eigenvalue weighted by Crippen LogP contribution is -2.00. The maximum absolute atomic E-state index is 10.8. The molecule has 0 aliphatic heterocycles. The van der Waals surface area contributed by atoms with Gasteiger partial charge in [0.1, 0.15) is 12.0 Å². The fourth-order valence-electron chi connectivity index (χ4n) is 1.37. The Morgan fingerprint density at radius 1 is 1.32 bits per heavy atom. The van der Waals surface area contributed by atoms with Gasteiger partial charge in [0.25, 0.3) is 0 Å². The van der Waals surface area contributed by atoms with Crippen molar-refractivity contribution < 1.29 is 9.90 Å². The van der Waals surface area contributed by atoms with E-state index in [9.17, 15) is 4.79 Å². The third-order valence-corrected chi connectivity index (χ3v) is 2.39. The maximum atomic E-state index is 10.8. The highest BCUT2D eigenvalue weighted by molar-refractivity contribution is 5.86. The lowest BCUT2D eigenvalue weighted by Gasteiger charge is -2.00. The lowest BCUT2D eigenvalue weighted by atomic mass is 10.3. The summed E-state index contributed by atoms with van der Waals surface area (Å²) in [6.07, 6.45) is 6.41. The molecule has 2 aromatic rings. The Balaban J connectivity index is 2.17. The molecular weight excluding hydrogens is 246 g/mol. The van der Waals surface area contributed by atoms with Gasteiger partial charge < -0.3 is 5.11 Å². The predicted octanol–water partition coefficient (Wildman–Crippen LogP) is 1.52.